The third kappa shape index (κ3) is 1.98. The first kappa shape index (κ1) is 13.6. The molecule has 2 nitrogen and oxygen atoms in total. The summed E-state index contributed by atoms with van der Waals surface area (Å²) in [4.78, 5) is 2.93. The number of nitrogens with one attached hydrogen (secondary N) is 1. The van der Waals surface area contributed by atoms with Gasteiger partial charge in [0.05, 0.1) is 0 Å². The number of hydrogen-bond donors (Lipinski definition) is 1. The molecule has 0 spiro atoms. The molecule has 4 bridgehead atoms. The fraction of sp³-hybridized carbons (Fsp3) is 1.00. The van der Waals surface area contributed by atoms with Crippen LogP contribution in [0.2, 0.25) is 0 Å². The van der Waals surface area contributed by atoms with Gasteiger partial charge in [0, 0.05) is 24.7 Å². The van der Waals surface area contributed by atoms with Gasteiger partial charge in [0.2, 0.25) is 0 Å². The molecule has 0 aromatic rings. The van der Waals surface area contributed by atoms with Gasteiger partial charge >= 0.3 is 0 Å². The van der Waals surface area contributed by atoms with E-state index in [2.05, 4.69) is 31.1 Å². The third-order valence-corrected chi connectivity index (χ3v) is 7.17. The smallest absolute Gasteiger partial charge is 0.0222 e. The molecule has 2 atom stereocenters. The molecule has 0 radical (unpaired) electrons. The maximum absolute atomic E-state index is 3.49. The van der Waals surface area contributed by atoms with Crippen molar-refractivity contribution >= 4 is 0 Å². The molecule has 1 saturated heterocycles. The van der Waals surface area contributed by atoms with Crippen LogP contribution in [0.3, 0.4) is 0 Å². The molecule has 4 aliphatic carbocycles. The second kappa shape index (κ2) is 4.23. The molecule has 2 unspecified atom stereocenters. The van der Waals surface area contributed by atoms with Crippen LogP contribution < -0.4 is 5.32 Å². The highest BCUT2D eigenvalue weighted by Crippen LogP contribution is 2.67. The van der Waals surface area contributed by atoms with E-state index < -0.39 is 0 Å². The molecule has 0 aromatic carbocycles. The minimum atomic E-state index is 0.585. The van der Waals surface area contributed by atoms with E-state index in [0.29, 0.717) is 16.4 Å². The molecule has 1 aliphatic heterocycles. The summed E-state index contributed by atoms with van der Waals surface area (Å²) < 4.78 is 0. The summed E-state index contributed by atoms with van der Waals surface area (Å²) in [6, 6.07) is 0.770. The molecule has 5 rings (SSSR count). The predicted octanol–water partition coefficient (Wildman–Crippen LogP) is 3.42. The average molecular weight is 276 g/mol. The van der Waals surface area contributed by atoms with Gasteiger partial charge in [-0.15, -0.1) is 0 Å². The maximum Gasteiger partial charge on any atom is 0.0222 e. The first-order chi connectivity index (χ1) is 9.44. The molecule has 1 N–H and O–H groups in total. The van der Waals surface area contributed by atoms with Gasteiger partial charge in [-0.25, -0.2) is 0 Å². The van der Waals surface area contributed by atoms with Crippen LogP contribution in [0.15, 0.2) is 0 Å². The van der Waals surface area contributed by atoms with E-state index in [9.17, 15) is 0 Å². The summed E-state index contributed by atoms with van der Waals surface area (Å²) in [6.45, 7) is 7.88. The minimum absolute atomic E-state index is 0.585. The van der Waals surface area contributed by atoms with E-state index in [4.69, 9.17) is 0 Å². The summed E-state index contributed by atoms with van der Waals surface area (Å²) in [7, 11) is 2.13. The van der Waals surface area contributed by atoms with Crippen molar-refractivity contribution in [2.75, 3.05) is 20.1 Å². The van der Waals surface area contributed by atoms with Crippen molar-refractivity contribution in [3.63, 3.8) is 0 Å². The van der Waals surface area contributed by atoms with Crippen LogP contribution in [0, 0.1) is 16.7 Å². The van der Waals surface area contributed by atoms with E-state index in [0.717, 1.165) is 12.0 Å². The Balaban J connectivity index is 1.58. The highest BCUT2D eigenvalue weighted by molar-refractivity contribution is 5.15. The monoisotopic (exact) mass is 276 g/mol. The zero-order valence-corrected chi connectivity index (χ0v) is 13.7. The van der Waals surface area contributed by atoms with Gasteiger partial charge in [0.1, 0.15) is 0 Å². The van der Waals surface area contributed by atoms with Crippen LogP contribution in [0.4, 0.5) is 0 Å². The third-order valence-electron chi connectivity index (χ3n) is 7.17. The Morgan fingerprint density at radius 3 is 2.00 bits per heavy atom. The lowest BCUT2D eigenvalue weighted by molar-refractivity contribution is -0.165. The lowest BCUT2D eigenvalue weighted by Gasteiger charge is -2.68. The fourth-order valence-electron chi connectivity index (χ4n) is 7.38. The normalized spacial score (nSPS) is 52.6. The van der Waals surface area contributed by atoms with Crippen molar-refractivity contribution in [1.29, 1.82) is 0 Å². The average Bonchev–Trinajstić information content (AvgIpc) is 2.34. The van der Waals surface area contributed by atoms with E-state index >= 15 is 0 Å². The zero-order valence-electron chi connectivity index (χ0n) is 13.7. The van der Waals surface area contributed by atoms with Crippen molar-refractivity contribution in [3.8, 4) is 0 Å². The summed E-state index contributed by atoms with van der Waals surface area (Å²) >= 11 is 0. The van der Waals surface area contributed by atoms with Crippen LogP contribution in [0.25, 0.3) is 0 Å². The Kier molecular flexibility index (Phi) is 2.87. The van der Waals surface area contributed by atoms with E-state index in [1.165, 1.54) is 64.5 Å². The Labute approximate surface area is 124 Å². The zero-order chi connectivity index (χ0) is 14.0. The molecule has 5 aliphatic rings. The molecule has 5 fully saturated rings. The maximum atomic E-state index is 3.49. The number of likely N-dealkylation sites (tertiary alicyclic amines) is 1. The highest BCUT2D eigenvalue weighted by atomic mass is 15.2. The number of hydrogen-bond acceptors (Lipinski definition) is 2. The van der Waals surface area contributed by atoms with Crippen molar-refractivity contribution in [3.05, 3.63) is 0 Å². The van der Waals surface area contributed by atoms with Crippen LogP contribution in [0.1, 0.15) is 65.2 Å². The topological polar surface area (TPSA) is 15.3 Å². The second-order valence-electron chi connectivity index (χ2n) is 9.40. The van der Waals surface area contributed by atoms with Gasteiger partial charge < -0.3 is 5.32 Å². The van der Waals surface area contributed by atoms with Crippen molar-refractivity contribution < 1.29 is 0 Å². The van der Waals surface area contributed by atoms with Gasteiger partial charge in [-0.05, 0) is 75.2 Å². The second-order valence-corrected chi connectivity index (χ2v) is 9.40. The predicted molar refractivity (Wildman–Crippen MR) is 83.8 cm³/mol. The molecule has 4 saturated carbocycles. The van der Waals surface area contributed by atoms with Gasteiger partial charge in [0.25, 0.3) is 0 Å². The summed E-state index contributed by atoms with van der Waals surface area (Å²) in [5.41, 5.74) is 1.91. The van der Waals surface area contributed by atoms with Crippen LogP contribution in [0.5, 0.6) is 0 Å². The lowest BCUT2D eigenvalue weighted by atomic mass is 9.42. The largest absolute Gasteiger partial charge is 0.317 e. The number of nitrogens with zero attached hydrogens (tertiary/aromatic N) is 1. The molecule has 20 heavy (non-hydrogen) atoms. The summed E-state index contributed by atoms with van der Waals surface area (Å²) in [5, 5.41) is 3.49. The van der Waals surface area contributed by atoms with Crippen molar-refractivity contribution in [1.82, 2.24) is 10.2 Å². The first-order valence-corrected chi connectivity index (χ1v) is 8.87. The molecule has 114 valence electrons. The van der Waals surface area contributed by atoms with Crippen molar-refractivity contribution in [2.24, 2.45) is 16.7 Å². The standard InChI is InChI=1S/C18H32N2/c1-16-8-14-9-17(2,11-16)13-18(10-14,12-16)20-6-4-15(19-3)5-7-20/h14-15,19H,4-13H2,1-3H3. The van der Waals surface area contributed by atoms with Crippen LogP contribution in [-0.4, -0.2) is 36.6 Å². The van der Waals surface area contributed by atoms with E-state index in [1.54, 1.807) is 0 Å². The van der Waals surface area contributed by atoms with Gasteiger partial charge in [-0.1, -0.05) is 13.8 Å². The minimum Gasteiger partial charge on any atom is -0.317 e. The van der Waals surface area contributed by atoms with Crippen molar-refractivity contribution in [2.45, 2.75) is 76.8 Å². The Morgan fingerprint density at radius 2 is 1.50 bits per heavy atom. The fourth-order valence-corrected chi connectivity index (χ4v) is 7.38. The van der Waals surface area contributed by atoms with Gasteiger partial charge in [-0.2, -0.15) is 0 Å². The van der Waals surface area contributed by atoms with E-state index in [-0.39, 0.29) is 0 Å². The molecule has 0 amide bonds. The Bertz CT molecular complexity index is 378. The SMILES string of the molecule is CNC1CCN(C23CC4CC(C)(CC(C)(C4)C2)C3)CC1. The van der Waals surface area contributed by atoms with Gasteiger partial charge in [-0.3, -0.25) is 4.90 Å². The molecule has 2 heteroatoms. The highest BCUT2D eigenvalue weighted by Gasteiger charge is 2.61. The van der Waals surface area contributed by atoms with E-state index in [1.807, 2.05) is 0 Å². The van der Waals surface area contributed by atoms with Crippen LogP contribution in [-0.2, 0) is 0 Å². The Morgan fingerprint density at radius 1 is 0.900 bits per heavy atom. The number of rotatable bonds is 2. The lowest BCUT2D eigenvalue weighted by Crippen LogP contribution is -2.66. The molecular weight excluding hydrogens is 244 g/mol. The Hall–Kier alpha value is -0.0800. The number of piperidine rings is 1. The van der Waals surface area contributed by atoms with Gasteiger partial charge in [0.15, 0.2) is 0 Å². The summed E-state index contributed by atoms with van der Waals surface area (Å²) in [5.74, 6) is 1.03. The first-order valence-electron chi connectivity index (χ1n) is 8.87. The summed E-state index contributed by atoms with van der Waals surface area (Å²) in [6.07, 6.45) is 11.8. The van der Waals surface area contributed by atoms with Crippen LogP contribution >= 0.6 is 0 Å². The molecule has 0 aromatic heterocycles. The molecular formula is C18H32N2. The molecule has 1 heterocycles. The quantitative estimate of drug-likeness (QED) is 0.831.